The molecule has 0 saturated carbocycles. The molecule has 0 heterocycles. The molecule has 0 aromatic carbocycles. The van der Waals surface area contributed by atoms with Gasteiger partial charge in [-0.1, -0.05) is 297 Å². The Morgan fingerprint density at radius 3 is 0.785 bits per heavy atom. The van der Waals surface area contributed by atoms with E-state index in [1.807, 2.05) is 0 Å². The molecule has 0 fully saturated rings. The lowest BCUT2D eigenvalue weighted by Crippen LogP contribution is -2.30. The fourth-order valence-electron chi connectivity index (χ4n) is 9.28. The van der Waals surface area contributed by atoms with Crippen LogP contribution in [0.25, 0.3) is 0 Å². The normalized spacial score (nSPS) is 12.8. The number of ether oxygens (including phenoxy) is 3. The molecular weight excluding hydrogens is 973 g/mol. The molecule has 0 amide bonds. The summed E-state index contributed by atoms with van der Waals surface area (Å²) in [4.78, 5) is 38.3. The van der Waals surface area contributed by atoms with E-state index in [2.05, 4.69) is 130 Å². The topological polar surface area (TPSA) is 78.9 Å². The van der Waals surface area contributed by atoms with Crippen LogP contribution in [0.1, 0.15) is 316 Å². The van der Waals surface area contributed by atoms with Gasteiger partial charge in [-0.15, -0.1) is 0 Å². The van der Waals surface area contributed by atoms with Crippen LogP contribution in [-0.2, 0) is 28.6 Å². The van der Waals surface area contributed by atoms with Crippen LogP contribution in [0.15, 0.2) is 109 Å². The standard InChI is InChI=1S/C73H124O6/c1-4-7-10-13-16-19-22-25-28-30-31-32-33-34-35-36-37-38-39-40-41-42-43-44-46-48-51-54-57-60-63-66-72(75)78-69-70(68-77-71(74)65-62-59-56-53-50-47-27-24-21-18-15-12-9-6-3)79-73(76)67-64-61-58-55-52-49-45-29-26-23-20-17-14-11-8-5-2/h7,10,16,19,24-25,27-28,31-32,34-35,37-38,40-41,43-44,70H,4-6,8-9,11-15,17-18,20-23,26,29-30,33,36,39,42,45-69H2,1-3H3/b10-7-,19-16-,27-24-,28-25-,32-31-,35-34-,38-37-,41-40-,44-43-. The zero-order chi connectivity index (χ0) is 57.1. The molecule has 0 saturated heterocycles. The van der Waals surface area contributed by atoms with Gasteiger partial charge in [0.2, 0.25) is 0 Å². The number of rotatable bonds is 60. The molecule has 0 aromatic heterocycles. The van der Waals surface area contributed by atoms with Gasteiger partial charge in [-0.3, -0.25) is 14.4 Å². The molecule has 0 aliphatic rings. The van der Waals surface area contributed by atoms with Gasteiger partial charge in [0.1, 0.15) is 13.2 Å². The van der Waals surface area contributed by atoms with Gasteiger partial charge in [0.15, 0.2) is 6.10 Å². The van der Waals surface area contributed by atoms with Gasteiger partial charge in [0.25, 0.3) is 0 Å². The molecule has 0 rings (SSSR count). The van der Waals surface area contributed by atoms with Gasteiger partial charge >= 0.3 is 17.9 Å². The molecule has 1 atom stereocenters. The van der Waals surface area contributed by atoms with E-state index in [1.54, 1.807) is 0 Å². The molecule has 0 aromatic rings. The summed E-state index contributed by atoms with van der Waals surface area (Å²) < 4.78 is 16.9. The van der Waals surface area contributed by atoms with Crippen LogP contribution in [0.3, 0.4) is 0 Å². The minimum atomic E-state index is -0.788. The molecule has 0 aliphatic carbocycles. The lowest BCUT2D eigenvalue weighted by Gasteiger charge is -2.18. The quantitative estimate of drug-likeness (QED) is 0.0261. The van der Waals surface area contributed by atoms with Crippen molar-refractivity contribution in [3.8, 4) is 0 Å². The second-order valence-corrected chi connectivity index (χ2v) is 22.0. The number of carbonyl (C=O) groups is 3. The van der Waals surface area contributed by atoms with Crippen molar-refractivity contribution in [1.29, 1.82) is 0 Å². The first-order valence-corrected chi connectivity index (χ1v) is 33.4. The van der Waals surface area contributed by atoms with E-state index < -0.39 is 6.10 Å². The van der Waals surface area contributed by atoms with Gasteiger partial charge in [-0.05, 0) is 109 Å². The molecule has 1 unspecified atom stereocenters. The monoisotopic (exact) mass is 1100 g/mol. The average molecular weight is 1100 g/mol. The summed E-state index contributed by atoms with van der Waals surface area (Å²) in [7, 11) is 0. The van der Waals surface area contributed by atoms with Crippen LogP contribution >= 0.6 is 0 Å². The highest BCUT2D eigenvalue weighted by Gasteiger charge is 2.19. The maximum atomic E-state index is 12.9. The smallest absolute Gasteiger partial charge is 0.306 e. The van der Waals surface area contributed by atoms with E-state index in [1.165, 1.54) is 148 Å². The fraction of sp³-hybridized carbons (Fsp3) is 0.712. The Balaban J connectivity index is 4.32. The van der Waals surface area contributed by atoms with Crippen molar-refractivity contribution in [3.63, 3.8) is 0 Å². The molecule has 79 heavy (non-hydrogen) atoms. The lowest BCUT2D eigenvalue weighted by atomic mass is 10.0. The van der Waals surface area contributed by atoms with Crippen LogP contribution in [0, 0.1) is 0 Å². The van der Waals surface area contributed by atoms with Crippen LogP contribution in [0.2, 0.25) is 0 Å². The van der Waals surface area contributed by atoms with Crippen molar-refractivity contribution >= 4 is 17.9 Å². The van der Waals surface area contributed by atoms with Gasteiger partial charge in [0, 0.05) is 19.3 Å². The zero-order valence-electron chi connectivity index (χ0n) is 51.9. The Labute approximate surface area is 489 Å². The van der Waals surface area contributed by atoms with E-state index in [-0.39, 0.29) is 31.1 Å². The summed E-state index contributed by atoms with van der Waals surface area (Å²) in [5, 5.41) is 0. The zero-order valence-corrected chi connectivity index (χ0v) is 51.9. The minimum absolute atomic E-state index is 0.0846. The van der Waals surface area contributed by atoms with Gasteiger partial charge < -0.3 is 14.2 Å². The Bertz CT molecular complexity index is 1590. The van der Waals surface area contributed by atoms with Crippen molar-refractivity contribution in [1.82, 2.24) is 0 Å². The number of hydrogen-bond acceptors (Lipinski definition) is 6. The van der Waals surface area contributed by atoms with E-state index in [9.17, 15) is 14.4 Å². The summed E-state index contributed by atoms with van der Waals surface area (Å²) in [6.45, 7) is 6.53. The fourth-order valence-corrected chi connectivity index (χ4v) is 9.28. The minimum Gasteiger partial charge on any atom is -0.462 e. The summed E-state index contributed by atoms with van der Waals surface area (Å²) in [5.74, 6) is -0.896. The summed E-state index contributed by atoms with van der Waals surface area (Å²) in [6.07, 6.45) is 91.0. The van der Waals surface area contributed by atoms with Crippen molar-refractivity contribution in [2.45, 2.75) is 322 Å². The maximum Gasteiger partial charge on any atom is 0.306 e. The third kappa shape index (κ3) is 64.8. The van der Waals surface area contributed by atoms with Gasteiger partial charge in [-0.2, -0.15) is 0 Å². The van der Waals surface area contributed by atoms with Crippen LogP contribution in [0.4, 0.5) is 0 Å². The highest BCUT2D eigenvalue weighted by molar-refractivity contribution is 5.71. The average Bonchev–Trinajstić information content (AvgIpc) is 3.45. The van der Waals surface area contributed by atoms with Crippen molar-refractivity contribution in [3.05, 3.63) is 109 Å². The summed E-state index contributed by atoms with van der Waals surface area (Å²) in [5.41, 5.74) is 0. The Kier molecular flexibility index (Phi) is 63.3. The first-order valence-electron chi connectivity index (χ1n) is 33.4. The number of unbranched alkanes of at least 4 members (excludes halogenated alkanes) is 31. The largest absolute Gasteiger partial charge is 0.462 e. The second kappa shape index (κ2) is 66.6. The van der Waals surface area contributed by atoms with Crippen molar-refractivity contribution < 1.29 is 28.6 Å². The van der Waals surface area contributed by atoms with Crippen LogP contribution in [0.5, 0.6) is 0 Å². The number of carbonyl (C=O) groups excluding carboxylic acids is 3. The van der Waals surface area contributed by atoms with Crippen molar-refractivity contribution in [2.24, 2.45) is 0 Å². The molecule has 6 heteroatoms. The molecule has 0 N–H and O–H groups in total. The molecule has 0 aliphatic heterocycles. The van der Waals surface area contributed by atoms with Crippen LogP contribution in [-0.4, -0.2) is 37.2 Å². The first kappa shape index (κ1) is 75.1. The molecule has 0 radical (unpaired) electrons. The van der Waals surface area contributed by atoms with E-state index in [0.717, 1.165) is 128 Å². The first-order chi connectivity index (χ1) is 39.0. The predicted octanol–water partition coefficient (Wildman–Crippen LogP) is 23.0. The highest BCUT2D eigenvalue weighted by Crippen LogP contribution is 2.16. The van der Waals surface area contributed by atoms with Crippen LogP contribution < -0.4 is 0 Å². The Hall–Kier alpha value is -3.93. The summed E-state index contributed by atoms with van der Waals surface area (Å²) >= 11 is 0. The SMILES string of the molecule is CC/C=C\C/C=C\C/C=C\C/C=C\C/C=C\C/C=C\C/C=C\C/C=C\CCCCCCCCC(=O)OCC(COC(=O)CCCCCCC/C=C\CCCCCCC)OC(=O)CCCCCCCCCCCCCCCCCC. The molecule has 0 bridgehead atoms. The van der Waals surface area contributed by atoms with E-state index >= 15 is 0 Å². The predicted molar refractivity (Wildman–Crippen MR) is 343 cm³/mol. The molecule has 6 nitrogen and oxygen atoms in total. The second-order valence-electron chi connectivity index (χ2n) is 22.0. The lowest BCUT2D eigenvalue weighted by molar-refractivity contribution is -0.167. The number of hydrogen-bond donors (Lipinski definition) is 0. The Morgan fingerprint density at radius 2 is 0.494 bits per heavy atom. The summed E-state index contributed by atoms with van der Waals surface area (Å²) in [6, 6.07) is 0. The molecule has 0 spiro atoms. The van der Waals surface area contributed by atoms with Gasteiger partial charge in [-0.25, -0.2) is 0 Å². The third-order valence-electron chi connectivity index (χ3n) is 14.3. The van der Waals surface area contributed by atoms with E-state index in [0.29, 0.717) is 19.3 Å². The van der Waals surface area contributed by atoms with E-state index in [4.69, 9.17) is 14.2 Å². The maximum absolute atomic E-state index is 12.9. The highest BCUT2D eigenvalue weighted by atomic mass is 16.6. The Morgan fingerprint density at radius 1 is 0.266 bits per heavy atom. The molecular formula is C73H124O6. The van der Waals surface area contributed by atoms with Gasteiger partial charge in [0.05, 0.1) is 0 Å². The van der Waals surface area contributed by atoms with Crippen molar-refractivity contribution in [2.75, 3.05) is 13.2 Å². The molecule has 452 valence electrons. The third-order valence-corrected chi connectivity index (χ3v) is 14.3. The number of allylic oxidation sites excluding steroid dienone is 18. The number of esters is 3.